The predicted molar refractivity (Wildman–Crippen MR) is 72.4 cm³/mol. The first-order valence-corrected chi connectivity index (χ1v) is 6.65. The van der Waals surface area contributed by atoms with Gasteiger partial charge in [-0.2, -0.15) is 0 Å². The molecule has 1 N–H and O–H groups in total. The quantitative estimate of drug-likeness (QED) is 0.864. The van der Waals surface area contributed by atoms with E-state index in [1.54, 1.807) is 11.3 Å². The number of hydrogen-bond acceptors (Lipinski definition) is 3. The molecule has 0 bridgehead atoms. The number of aryl methyl sites for hydroxylation is 1. The summed E-state index contributed by atoms with van der Waals surface area (Å²) in [5, 5.41) is 5.17. The van der Waals surface area contributed by atoms with Crippen LogP contribution in [0.1, 0.15) is 48.3 Å². The van der Waals surface area contributed by atoms with E-state index in [2.05, 4.69) is 44.6 Å². The van der Waals surface area contributed by atoms with Crippen molar-refractivity contribution in [2.75, 3.05) is 6.54 Å². The normalized spacial score (nSPS) is 13.1. The lowest BCUT2D eigenvalue weighted by Gasteiger charge is -2.11. The van der Waals surface area contributed by atoms with Crippen LogP contribution >= 0.6 is 22.9 Å². The average molecular weight is 259 g/mol. The summed E-state index contributed by atoms with van der Waals surface area (Å²) < 4.78 is 0. The molecule has 0 amide bonds. The Morgan fingerprint density at radius 2 is 2.12 bits per heavy atom. The molecule has 0 aliphatic rings. The molecule has 0 saturated heterocycles. The van der Waals surface area contributed by atoms with E-state index in [0.29, 0.717) is 17.5 Å². The van der Waals surface area contributed by atoms with Gasteiger partial charge in [-0.1, -0.05) is 32.0 Å². The minimum atomic E-state index is 0.278. The largest absolute Gasteiger partial charge is 0.304 e. The van der Waals surface area contributed by atoms with Crippen molar-refractivity contribution < 1.29 is 0 Å². The summed E-state index contributed by atoms with van der Waals surface area (Å²) in [6.07, 6.45) is 0. The summed E-state index contributed by atoms with van der Waals surface area (Å²) in [4.78, 5) is 5.87. The Kier molecular flexibility index (Phi) is 4.96. The molecule has 0 saturated carbocycles. The molecule has 1 aromatic heterocycles. The fraction of sp³-hybridized carbons (Fsp3) is 0.583. The third kappa shape index (κ3) is 3.58. The van der Waals surface area contributed by atoms with Gasteiger partial charge < -0.3 is 5.32 Å². The van der Waals surface area contributed by atoms with E-state index in [4.69, 9.17) is 11.6 Å². The first kappa shape index (κ1) is 13.7. The van der Waals surface area contributed by atoms with Crippen molar-refractivity contribution in [1.82, 2.24) is 10.3 Å². The first-order chi connectivity index (χ1) is 7.41. The third-order valence-electron chi connectivity index (χ3n) is 2.34. The van der Waals surface area contributed by atoms with Gasteiger partial charge in [0.1, 0.15) is 0 Å². The second-order valence-electron chi connectivity index (χ2n) is 4.28. The maximum absolute atomic E-state index is 5.74. The minimum Gasteiger partial charge on any atom is -0.304 e. The van der Waals surface area contributed by atoms with E-state index in [9.17, 15) is 0 Å². The van der Waals surface area contributed by atoms with Crippen LogP contribution in [0.25, 0.3) is 0 Å². The van der Waals surface area contributed by atoms with Gasteiger partial charge in [-0.05, 0) is 13.8 Å². The Hall–Kier alpha value is -0.380. The second kappa shape index (κ2) is 5.80. The zero-order valence-corrected chi connectivity index (χ0v) is 11.9. The van der Waals surface area contributed by atoms with Gasteiger partial charge >= 0.3 is 0 Å². The summed E-state index contributed by atoms with van der Waals surface area (Å²) >= 11 is 7.52. The van der Waals surface area contributed by atoms with Crippen molar-refractivity contribution in [2.45, 2.75) is 39.7 Å². The first-order valence-electron chi connectivity index (χ1n) is 5.45. The van der Waals surface area contributed by atoms with Crippen LogP contribution in [-0.4, -0.2) is 11.5 Å². The van der Waals surface area contributed by atoms with Crippen molar-refractivity contribution in [1.29, 1.82) is 0 Å². The highest BCUT2D eigenvalue weighted by atomic mass is 35.5. The molecule has 0 radical (unpaired) electrons. The summed E-state index contributed by atoms with van der Waals surface area (Å²) in [5.41, 5.74) is 1.12. The number of halogens is 1. The van der Waals surface area contributed by atoms with Crippen LogP contribution in [0, 0.1) is 6.92 Å². The molecule has 0 aromatic carbocycles. The Morgan fingerprint density at radius 1 is 1.50 bits per heavy atom. The van der Waals surface area contributed by atoms with Crippen molar-refractivity contribution >= 4 is 22.9 Å². The second-order valence-corrected chi connectivity index (χ2v) is 5.87. The molecule has 0 spiro atoms. The van der Waals surface area contributed by atoms with Crippen LogP contribution in [0.5, 0.6) is 0 Å². The molecule has 1 rings (SSSR count). The van der Waals surface area contributed by atoms with E-state index in [1.807, 2.05) is 0 Å². The van der Waals surface area contributed by atoms with Gasteiger partial charge in [-0.15, -0.1) is 11.3 Å². The standard InChI is InChI=1S/C12H19ClN2S/c1-7(2)12-15-10(5)11(16-12)9(4)14-6-8(3)13/h7,9,14H,3,6H2,1-2,4-5H3. The van der Waals surface area contributed by atoms with Crippen molar-refractivity contribution in [3.05, 3.63) is 27.2 Å². The summed E-state index contributed by atoms with van der Waals surface area (Å²) in [5.74, 6) is 0.493. The van der Waals surface area contributed by atoms with Crippen molar-refractivity contribution in [3.8, 4) is 0 Å². The Morgan fingerprint density at radius 3 is 2.56 bits per heavy atom. The predicted octanol–water partition coefficient (Wildman–Crippen LogP) is 3.98. The number of hydrogen-bond donors (Lipinski definition) is 1. The molecule has 90 valence electrons. The third-order valence-corrected chi connectivity index (χ3v) is 4.11. The highest BCUT2D eigenvalue weighted by Gasteiger charge is 2.15. The fourth-order valence-corrected chi connectivity index (χ4v) is 2.61. The van der Waals surface area contributed by atoms with E-state index in [1.165, 1.54) is 9.88 Å². The summed E-state index contributed by atoms with van der Waals surface area (Å²) in [6.45, 7) is 12.8. The number of thiazole rings is 1. The van der Waals surface area contributed by atoms with E-state index >= 15 is 0 Å². The lowest BCUT2D eigenvalue weighted by Crippen LogP contribution is -2.19. The Bertz CT molecular complexity index is 371. The van der Waals surface area contributed by atoms with Crippen LogP contribution < -0.4 is 5.32 Å². The Balaban J connectivity index is 2.75. The van der Waals surface area contributed by atoms with Crippen LogP contribution in [-0.2, 0) is 0 Å². The maximum atomic E-state index is 5.74. The van der Waals surface area contributed by atoms with Gasteiger partial charge in [0.05, 0.1) is 10.7 Å². The minimum absolute atomic E-state index is 0.278. The van der Waals surface area contributed by atoms with E-state index < -0.39 is 0 Å². The molecule has 2 nitrogen and oxygen atoms in total. The maximum Gasteiger partial charge on any atom is 0.0956 e. The molecular formula is C12H19ClN2S. The van der Waals surface area contributed by atoms with Gasteiger partial charge in [0.15, 0.2) is 0 Å². The van der Waals surface area contributed by atoms with Crippen LogP contribution in [0.2, 0.25) is 0 Å². The molecule has 1 unspecified atom stereocenters. The molecular weight excluding hydrogens is 240 g/mol. The van der Waals surface area contributed by atoms with Gasteiger partial charge in [-0.25, -0.2) is 4.98 Å². The molecule has 4 heteroatoms. The number of nitrogens with one attached hydrogen (secondary N) is 1. The lowest BCUT2D eigenvalue weighted by atomic mass is 10.2. The molecule has 0 fully saturated rings. The summed E-state index contributed by atoms with van der Waals surface area (Å²) in [6, 6.07) is 0.278. The molecule has 0 aliphatic carbocycles. The number of nitrogens with zero attached hydrogens (tertiary/aromatic N) is 1. The highest BCUT2D eigenvalue weighted by molar-refractivity contribution is 7.11. The molecule has 1 aromatic rings. The SMILES string of the molecule is C=C(Cl)CNC(C)c1sc(C(C)C)nc1C. The topological polar surface area (TPSA) is 24.9 Å². The average Bonchev–Trinajstić information content (AvgIpc) is 2.57. The molecule has 0 aliphatic heterocycles. The van der Waals surface area contributed by atoms with Gasteiger partial charge in [0.25, 0.3) is 0 Å². The van der Waals surface area contributed by atoms with Gasteiger partial charge in [0, 0.05) is 28.4 Å². The Labute approximate surface area is 107 Å². The zero-order valence-electron chi connectivity index (χ0n) is 10.3. The van der Waals surface area contributed by atoms with Gasteiger partial charge in [-0.3, -0.25) is 0 Å². The molecule has 1 atom stereocenters. The molecule has 1 heterocycles. The zero-order chi connectivity index (χ0) is 12.3. The van der Waals surface area contributed by atoms with Crippen LogP contribution in [0.4, 0.5) is 0 Å². The number of aromatic nitrogens is 1. The fourth-order valence-electron chi connectivity index (χ4n) is 1.43. The van der Waals surface area contributed by atoms with E-state index in [0.717, 1.165) is 5.69 Å². The van der Waals surface area contributed by atoms with Crippen LogP contribution in [0.3, 0.4) is 0 Å². The van der Waals surface area contributed by atoms with E-state index in [-0.39, 0.29) is 6.04 Å². The highest BCUT2D eigenvalue weighted by Crippen LogP contribution is 2.29. The summed E-state index contributed by atoms with van der Waals surface area (Å²) in [7, 11) is 0. The number of rotatable bonds is 5. The monoisotopic (exact) mass is 258 g/mol. The van der Waals surface area contributed by atoms with Gasteiger partial charge in [0.2, 0.25) is 0 Å². The molecule has 16 heavy (non-hydrogen) atoms. The lowest BCUT2D eigenvalue weighted by molar-refractivity contribution is 0.620. The smallest absolute Gasteiger partial charge is 0.0956 e. The van der Waals surface area contributed by atoms with Crippen LogP contribution in [0.15, 0.2) is 11.6 Å². The van der Waals surface area contributed by atoms with Crippen molar-refractivity contribution in [3.63, 3.8) is 0 Å². The van der Waals surface area contributed by atoms with Crippen molar-refractivity contribution in [2.24, 2.45) is 0 Å².